The lowest BCUT2D eigenvalue weighted by molar-refractivity contribution is 0.0981. The van der Waals surface area contributed by atoms with Crippen LogP contribution in [0.4, 0.5) is 0 Å². The van der Waals surface area contributed by atoms with E-state index in [1.165, 1.54) is 10.9 Å². The highest BCUT2D eigenvalue weighted by Crippen LogP contribution is 2.33. The minimum atomic E-state index is 0.295. The van der Waals surface area contributed by atoms with Gasteiger partial charge in [0.25, 0.3) is 0 Å². The lowest BCUT2D eigenvalue weighted by Gasteiger charge is -2.04. The highest BCUT2D eigenvalue weighted by molar-refractivity contribution is 6.01. The van der Waals surface area contributed by atoms with Crippen molar-refractivity contribution in [2.75, 3.05) is 0 Å². The van der Waals surface area contributed by atoms with E-state index in [4.69, 9.17) is 0 Å². The highest BCUT2D eigenvalue weighted by atomic mass is 16.1. The molecule has 0 atom stereocenters. The number of aromatic amines is 2. The molecule has 0 radical (unpaired) electrons. The minimum absolute atomic E-state index is 0.295. The number of carbonyl (C=O) groups excluding carboxylic acids is 1. The van der Waals surface area contributed by atoms with Gasteiger partial charge in [0.15, 0.2) is 5.78 Å². The number of fused-ring (bicyclic) bond motifs is 2. The topological polar surface area (TPSA) is 48.6 Å². The second kappa shape index (κ2) is 4.62. The largest absolute Gasteiger partial charge is 0.361 e. The average molecular weight is 278 g/mol. The summed E-state index contributed by atoms with van der Waals surface area (Å²) in [6, 6.07) is 8.50. The van der Waals surface area contributed by atoms with Crippen molar-refractivity contribution >= 4 is 16.7 Å². The van der Waals surface area contributed by atoms with Crippen molar-refractivity contribution in [3.8, 4) is 11.3 Å². The zero-order chi connectivity index (χ0) is 14.4. The summed E-state index contributed by atoms with van der Waals surface area (Å²) in [5.41, 5.74) is 6.57. The molecule has 0 unspecified atom stereocenters. The molecule has 2 aromatic heterocycles. The molecule has 0 amide bonds. The summed E-state index contributed by atoms with van der Waals surface area (Å²) in [6.45, 7) is 2.01. The van der Waals surface area contributed by atoms with Crippen molar-refractivity contribution in [3.05, 3.63) is 47.3 Å². The molecular weight excluding hydrogens is 260 g/mol. The predicted octanol–water partition coefficient (Wildman–Crippen LogP) is 4.38. The third kappa shape index (κ3) is 1.92. The Morgan fingerprint density at radius 3 is 2.86 bits per heavy atom. The number of carbonyl (C=O) groups is 1. The molecule has 2 N–H and O–H groups in total. The number of hydrogen-bond donors (Lipinski definition) is 2. The number of ketones is 1. The van der Waals surface area contributed by atoms with Crippen LogP contribution in [0.5, 0.6) is 0 Å². The number of aryl methyl sites for hydroxylation is 1. The molecule has 4 rings (SSSR count). The normalized spacial score (nSPS) is 15.2. The summed E-state index contributed by atoms with van der Waals surface area (Å²) in [6.07, 6.45) is 5.72. The van der Waals surface area contributed by atoms with Crippen LogP contribution in [0.1, 0.15) is 40.9 Å². The smallest absolute Gasteiger partial charge is 0.164 e. The first-order valence-corrected chi connectivity index (χ1v) is 7.56. The van der Waals surface area contributed by atoms with Crippen LogP contribution in [-0.2, 0) is 6.42 Å². The summed E-state index contributed by atoms with van der Waals surface area (Å²) in [7, 11) is 0. The maximum absolute atomic E-state index is 12.3. The summed E-state index contributed by atoms with van der Waals surface area (Å²) in [4.78, 5) is 19.0. The average Bonchev–Trinajstić information content (AvgIpc) is 3.01. The zero-order valence-corrected chi connectivity index (χ0v) is 12.1. The van der Waals surface area contributed by atoms with Crippen LogP contribution in [0, 0.1) is 6.92 Å². The Labute approximate surface area is 123 Å². The first-order chi connectivity index (χ1) is 10.2. The van der Waals surface area contributed by atoms with Crippen molar-refractivity contribution in [1.29, 1.82) is 0 Å². The first kappa shape index (κ1) is 12.5. The molecule has 3 nitrogen and oxygen atoms in total. The van der Waals surface area contributed by atoms with E-state index in [1.807, 2.05) is 13.1 Å². The molecule has 1 aromatic carbocycles. The van der Waals surface area contributed by atoms with Crippen LogP contribution >= 0.6 is 0 Å². The van der Waals surface area contributed by atoms with Crippen LogP contribution in [0.3, 0.4) is 0 Å². The molecule has 0 fully saturated rings. The van der Waals surface area contributed by atoms with Gasteiger partial charge in [0.2, 0.25) is 0 Å². The van der Waals surface area contributed by atoms with Crippen molar-refractivity contribution in [2.24, 2.45) is 0 Å². The van der Waals surface area contributed by atoms with Crippen LogP contribution in [-0.4, -0.2) is 15.8 Å². The quantitative estimate of drug-likeness (QED) is 0.638. The number of rotatable bonds is 1. The van der Waals surface area contributed by atoms with Gasteiger partial charge in [-0.1, -0.05) is 12.1 Å². The Hall–Kier alpha value is -2.29. The molecule has 21 heavy (non-hydrogen) atoms. The lowest BCUT2D eigenvalue weighted by Crippen LogP contribution is -1.99. The molecule has 2 heterocycles. The number of H-pyrrole nitrogens is 2. The van der Waals surface area contributed by atoms with Gasteiger partial charge >= 0.3 is 0 Å². The summed E-state index contributed by atoms with van der Waals surface area (Å²) >= 11 is 0. The first-order valence-electron chi connectivity index (χ1n) is 7.56. The van der Waals surface area contributed by atoms with E-state index in [9.17, 15) is 4.79 Å². The van der Waals surface area contributed by atoms with E-state index in [0.717, 1.165) is 47.3 Å². The number of hydrogen-bond acceptors (Lipinski definition) is 1. The van der Waals surface area contributed by atoms with E-state index >= 15 is 0 Å². The van der Waals surface area contributed by atoms with Gasteiger partial charge in [0, 0.05) is 40.6 Å². The summed E-state index contributed by atoms with van der Waals surface area (Å²) < 4.78 is 0. The van der Waals surface area contributed by atoms with Crippen LogP contribution < -0.4 is 0 Å². The maximum atomic E-state index is 12.3. The van der Waals surface area contributed by atoms with Gasteiger partial charge in [-0.15, -0.1) is 0 Å². The monoisotopic (exact) mass is 278 g/mol. The fourth-order valence-electron chi connectivity index (χ4n) is 3.47. The van der Waals surface area contributed by atoms with Gasteiger partial charge in [-0.2, -0.15) is 0 Å². The highest BCUT2D eigenvalue weighted by Gasteiger charge is 2.23. The van der Waals surface area contributed by atoms with Crippen molar-refractivity contribution in [1.82, 2.24) is 9.97 Å². The van der Waals surface area contributed by atoms with Gasteiger partial charge in [-0.05, 0) is 49.3 Å². The van der Waals surface area contributed by atoms with Gasteiger partial charge in [0.1, 0.15) is 0 Å². The lowest BCUT2D eigenvalue weighted by atomic mass is 9.99. The van der Waals surface area contributed by atoms with E-state index in [2.05, 4.69) is 34.2 Å². The standard InChI is InChI=1S/C18H18N2O/c1-11-17-14(4-2-3-5-16(17)21)18(20-11)13-7-6-12-8-9-19-15(12)10-13/h6-10,19-20H,2-5H2,1H3. The second-order valence-corrected chi connectivity index (χ2v) is 5.89. The Kier molecular flexibility index (Phi) is 2.74. The summed E-state index contributed by atoms with van der Waals surface area (Å²) in [5.74, 6) is 0.295. The van der Waals surface area contributed by atoms with Crippen molar-refractivity contribution < 1.29 is 4.79 Å². The maximum Gasteiger partial charge on any atom is 0.164 e. The van der Waals surface area contributed by atoms with Crippen molar-refractivity contribution in [3.63, 3.8) is 0 Å². The number of benzene rings is 1. The van der Waals surface area contributed by atoms with Crippen molar-refractivity contribution in [2.45, 2.75) is 32.6 Å². The van der Waals surface area contributed by atoms with E-state index in [-0.39, 0.29) is 0 Å². The molecule has 106 valence electrons. The zero-order valence-electron chi connectivity index (χ0n) is 12.1. The molecule has 0 bridgehead atoms. The molecule has 1 aliphatic carbocycles. The molecule has 0 saturated heterocycles. The second-order valence-electron chi connectivity index (χ2n) is 5.89. The Balaban J connectivity index is 1.92. The Morgan fingerprint density at radius 1 is 1.10 bits per heavy atom. The summed E-state index contributed by atoms with van der Waals surface area (Å²) in [5, 5.41) is 1.21. The minimum Gasteiger partial charge on any atom is -0.361 e. The molecule has 0 spiro atoms. The van der Waals surface area contributed by atoms with Gasteiger partial charge in [-0.3, -0.25) is 4.79 Å². The number of aromatic nitrogens is 2. The van der Waals surface area contributed by atoms with Crippen LogP contribution in [0.25, 0.3) is 22.2 Å². The third-order valence-corrected chi connectivity index (χ3v) is 4.49. The number of nitrogens with one attached hydrogen (secondary N) is 2. The predicted molar refractivity (Wildman–Crippen MR) is 84.7 cm³/mol. The molecule has 3 heteroatoms. The van der Waals surface area contributed by atoms with E-state index < -0.39 is 0 Å². The fourth-order valence-corrected chi connectivity index (χ4v) is 3.47. The molecule has 3 aromatic rings. The van der Waals surface area contributed by atoms with Crippen LogP contribution in [0.2, 0.25) is 0 Å². The molecule has 0 aliphatic heterocycles. The SMILES string of the molecule is Cc1[nH]c(-c2ccc3cc[nH]c3c2)c2c1C(=O)CCCC2. The van der Waals surface area contributed by atoms with Gasteiger partial charge in [0.05, 0.1) is 0 Å². The molecular formula is C18H18N2O. The Bertz CT molecular complexity index is 838. The van der Waals surface area contributed by atoms with Crippen LogP contribution in [0.15, 0.2) is 30.5 Å². The third-order valence-electron chi connectivity index (χ3n) is 4.49. The molecule has 1 aliphatic rings. The van der Waals surface area contributed by atoms with Gasteiger partial charge in [-0.25, -0.2) is 0 Å². The number of Topliss-reactive ketones (excluding diaryl/α,β-unsaturated/α-hetero) is 1. The Morgan fingerprint density at radius 2 is 1.95 bits per heavy atom. The van der Waals surface area contributed by atoms with E-state index in [1.54, 1.807) is 0 Å². The fraction of sp³-hybridized carbons (Fsp3) is 0.278. The van der Waals surface area contributed by atoms with E-state index in [0.29, 0.717) is 12.2 Å². The molecule has 0 saturated carbocycles. The van der Waals surface area contributed by atoms with Gasteiger partial charge < -0.3 is 9.97 Å².